The zero-order valence-electron chi connectivity index (χ0n) is 22.3. The maximum atomic E-state index is 13.6. The first-order valence-electron chi connectivity index (χ1n) is 13.7. The summed E-state index contributed by atoms with van der Waals surface area (Å²) in [7, 11) is 0. The number of piperidine rings is 1. The van der Waals surface area contributed by atoms with Gasteiger partial charge in [0.25, 0.3) is 5.91 Å². The number of ether oxygens (including phenoxy) is 1. The molecule has 2 saturated heterocycles. The van der Waals surface area contributed by atoms with Gasteiger partial charge in [0.1, 0.15) is 11.5 Å². The number of carbonyl (C=O) groups is 3. The Morgan fingerprint density at radius 1 is 1.07 bits per heavy atom. The zero-order chi connectivity index (χ0) is 27.8. The second kappa shape index (κ2) is 11.0. The number of para-hydroxylation sites is 1. The Morgan fingerprint density at radius 2 is 1.85 bits per heavy atom. The zero-order valence-corrected chi connectivity index (χ0v) is 23.1. The number of urea groups is 1. The van der Waals surface area contributed by atoms with Crippen molar-refractivity contribution in [2.45, 2.75) is 56.1 Å². The minimum Gasteiger partial charge on any atom is -0.457 e. The minimum atomic E-state index is -0.240. The van der Waals surface area contributed by atoms with E-state index >= 15 is 0 Å². The molecule has 3 fully saturated rings. The van der Waals surface area contributed by atoms with E-state index in [1.54, 1.807) is 0 Å². The summed E-state index contributed by atoms with van der Waals surface area (Å²) in [6, 6.07) is 14.8. The highest BCUT2D eigenvalue weighted by atomic mass is 32.2. The van der Waals surface area contributed by atoms with E-state index in [1.165, 1.54) is 17.8 Å². The molecule has 6 rings (SSSR count). The number of aryl methyl sites for hydroxylation is 1. The lowest BCUT2D eigenvalue weighted by Crippen LogP contribution is -2.62. The topological polar surface area (TPSA) is 112 Å². The van der Waals surface area contributed by atoms with Gasteiger partial charge in [-0.1, -0.05) is 36.5 Å². The normalized spacial score (nSPS) is 27.1. The van der Waals surface area contributed by atoms with Crippen molar-refractivity contribution >= 4 is 35.3 Å². The fourth-order valence-corrected chi connectivity index (χ4v) is 7.67. The Bertz CT molecular complexity index is 1380. The molecule has 4 aliphatic rings. The summed E-state index contributed by atoms with van der Waals surface area (Å²) in [5, 5.41) is 12.7. The van der Waals surface area contributed by atoms with Crippen LogP contribution in [0.4, 0.5) is 10.5 Å². The number of thioether (sulfide) groups is 1. The maximum Gasteiger partial charge on any atom is 0.326 e. The largest absolute Gasteiger partial charge is 0.457 e. The molecule has 0 aromatic heterocycles. The van der Waals surface area contributed by atoms with Crippen LogP contribution in [-0.4, -0.2) is 47.9 Å². The molecule has 40 heavy (non-hydrogen) atoms. The van der Waals surface area contributed by atoms with Crippen LogP contribution >= 0.6 is 11.8 Å². The molecule has 9 nitrogen and oxygen atoms in total. The Hall–Kier alpha value is -3.76. The first-order valence-corrected chi connectivity index (χ1v) is 14.6. The van der Waals surface area contributed by atoms with Crippen molar-refractivity contribution in [3.05, 3.63) is 77.4 Å². The van der Waals surface area contributed by atoms with Gasteiger partial charge in [-0.25, -0.2) is 4.79 Å². The summed E-state index contributed by atoms with van der Waals surface area (Å²) >= 11 is 1.48. The number of amides is 4. The highest BCUT2D eigenvalue weighted by molar-refractivity contribution is 8.04. The predicted octanol–water partition coefficient (Wildman–Crippen LogP) is 3.92. The fraction of sp³-hybridized carbons (Fsp3) is 0.367. The van der Waals surface area contributed by atoms with Gasteiger partial charge in [-0.2, -0.15) is 0 Å². The predicted molar refractivity (Wildman–Crippen MR) is 155 cm³/mol. The third-order valence-corrected chi connectivity index (χ3v) is 9.45. The Morgan fingerprint density at radius 3 is 2.60 bits per heavy atom. The first kappa shape index (κ1) is 26.5. The number of rotatable bonds is 7. The number of hydrogen-bond donors (Lipinski definition) is 4. The van der Waals surface area contributed by atoms with E-state index in [9.17, 15) is 14.4 Å². The summed E-state index contributed by atoms with van der Waals surface area (Å²) in [5.74, 6) is 0.973. The van der Waals surface area contributed by atoms with E-state index in [4.69, 9.17) is 4.74 Å². The molecular formula is C30H33N5O4S. The molecule has 1 saturated carbocycles. The van der Waals surface area contributed by atoms with Gasteiger partial charge in [0.15, 0.2) is 0 Å². The Labute approximate surface area is 237 Å². The smallest absolute Gasteiger partial charge is 0.326 e. The molecule has 3 aliphatic heterocycles. The van der Waals surface area contributed by atoms with E-state index in [0.29, 0.717) is 16.4 Å². The first-order chi connectivity index (χ1) is 19.4. The molecule has 4 N–H and O–H groups in total. The molecule has 0 bridgehead atoms. The lowest BCUT2D eigenvalue weighted by atomic mass is 9.86. The Balaban J connectivity index is 1.22. The van der Waals surface area contributed by atoms with Crippen molar-refractivity contribution in [2.24, 2.45) is 5.92 Å². The molecule has 3 heterocycles. The monoisotopic (exact) mass is 559 g/mol. The third-order valence-electron chi connectivity index (χ3n) is 8.10. The van der Waals surface area contributed by atoms with Crippen LogP contribution in [0.15, 0.2) is 71.8 Å². The van der Waals surface area contributed by atoms with Gasteiger partial charge in [0, 0.05) is 29.4 Å². The lowest BCUT2D eigenvalue weighted by Gasteiger charge is -2.46. The van der Waals surface area contributed by atoms with Gasteiger partial charge in [-0.05, 0) is 81.1 Å². The van der Waals surface area contributed by atoms with Crippen LogP contribution < -0.4 is 30.9 Å². The molecule has 0 spiro atoms. The lowest BCUT2D eigenvalue weighted by molar-refractivity contribution is -0.119. The van der Waals surface area contributed by atoms with Gasteiger partial charge in [-0.15, -0.1) is 0 Å². The van der Waals surface area contributed by atoms with Crippen LogP contribution in [0.3, 0.4) is 0 Å². The van der Waals surface area contributed by atoms with Gasteiger partial charge < -0.3 is 26.0 Å². The van der Waals surface area contributed by atoms with Crippen molar-refractivity contribution in [2.75, 3.05) is 11.4 Å². The molecule has 0 radical (unpaired) electrons. The van der Waals surface area contributed by atoms with Crippen LogP contribution in [0, 0.1) is 12.8 Å². The summed E-state index contributed by atoms with van der Waals surface area (Å²) < 4.78 is 6.00. The second-order valence-electron chi connectivity index (χ2n) is 10.6. The molecular weight excluding hydrogens is 526 g/mol. The van der Waals surface area contributed by atoms with Gasteiger partial charge >= 0.3 is 6.03 Å². The van der Waals surface area contributed by atoms with E-state index < -0.39 is 0 Å². The van der Waals surface area contributed by atoms with Crippen LogP contribution in [0.1, 0.15) is 31.2 Å². The highest BCUT2D eigenvalue weighted by Gasteiger charge is 2.52. The van der Waals surface area contributed by atoms with Crippen molar-refractivity contribution in [3.8, 4) is 11.5 Å². The summed E-state index contributed by atoms with van der Waals surface area (Å²) in [4.78, 5) is 41.4. The van der Waals surface area contributed by atoms with Crippen molar-refractivity contribution in [1.82, 2.24) is 21.3 Å². The number of hydrogen-bond acceptors (Lipinski definition) is 6. The van der Waals surface area contributed by atoms with Crippen LogP contribution in [-0.2, 0) is 9.59 Å². The molecule has 1 aliphatic carbocycles. The van der Waals surface area contributed by atoms with E-state index in [0.717, 1.165) is 49.2 Å². The Kier molecular flexibility index (Phi) is 7.29. The van der Waals surface area contributed by atoms with Crippen molar-refractivity contribution in [1.29, 1.82) is 0 Å². The van der Waals surface area contributed by atoms with Gasteiger partial charge in [-0.3, -0.25) is 14.5 Å². The average molecular weight is 560 g/mol. The summed E-state index contributed by atoms with van der Waals surface area (Å²) in [5.41, 5.74) is 2.46. The number of benzene rings is 2. The molecule has 3 unspecified atom stereocenters. The number of nitrogens with one attached hydrogen (secondary N) is 4. The molecule has 208 valence electrons. The van der Waals surface area contributed by atoms with E-state index in [1.807, 2.05) is 60.4 Å². The van der Waals surface area contributed by atoms with Crippen LogP contribution in [0.2, 0.25) is 0 Å². The van der Waals surface area contributed by atoms with E-state index in [-0.39, 0.29) is 47.3 Å². The quantitative estimate of drug-likeness (QED) is 0.383. The maximum absolute atomic E-state index is 13.6. The number of anilines is 1. The van der Waals surface area contributed by atoms with Gasteiger partial charge in [0.2, 0.25) is 5.91 Å². The minimum absolute atomic E-state index is 0.0153. The molecule has 4 amide bonds. The SMILES string of the molecule is C=CC(=O)N[C@H]1CCC[C@H]1NC(=O)C1=C2NC(=O)N(c3ccc(Oc4ccccc4)cc3C)C3CCNC(S1)C23. The number of carbonyl (C=O) groups excluding carboxylic acids is 3. The summed E-state index contributed by atoms with van der Waals surface area (Å²) in [6.45, 7) is 6.25. The number of nitrogens with zero attached hydrogens (tertiary/aromatic N) is 1. The average Bonchev–Trinajstić information content (AvgIpc) is 3.55. The molecule has 5 atom stereocenters. The third kappa shape index (κ3) is 4.97. The van der Waals surface area contributed by atoms with Gasteiger partial charge in [0.05, 0.1) is 16.3 Å². The van der Waals surface area contributed by atoms with Crippen LogP contribution in [0.5, 0.6) is 11.5 Å². The molecule has 10 heteroatoms. The van der Waals surface area contributed by atoms with Crippen LogP contribution in [0.25, 0.3) is 0 Å². The summed E-state index contributed by atoms with van der Waals surface area (Å²) in [6.07, 6.45) is 4.53. The fourth-order valence-electron chi connectivity index (χ4n) is 6.27. The standard InChI is InChI=1S/C30H33N5O4S/c1-3-24(36)32-20-10-7-11-21(20)33-28(37)27-26-25-23(14-15-31-29(25)40-27)35(30(38)34-26)22-13-12-19(16-17(22)2)39-18-8-5-4-6-9-18/h3-6,8-9,12-13,16,20-21,23,25,29,31H,1,7,10-11,14-15H2,2H3,(H,32,36)(H,33,37)(H,34,38)/t20-,21+,23?,25?,29?/m0/s1. The molecule has 2 aromatic carbocycles. The molecule has 2 aromatic rings. The van der Waals surface area contributed by atoms with Crippen molar-refractivity contribution < 1.29 is 19.1 Å². The van der Waals surface area contributed by atoms with E-state index in [2.05, 4.69) is 27.8 Å². The highest BCUT2D eigenvalue weighted by Crippen LogP contribution is 2.48. The second-order valence-corrected chi connectivity index (χ2v) is 11.8. The van der Waals surface area contributed by atoms with Crippen molar-refractivity contribution in [3.63, 3.8) is 0 Å².